The fraction of sp³-hybridized carbons (Fsp3) is 0.824. The van der Waals surface area contributed by atoms with E-state index in [2.05, 4.69) is 5.92 Å². The highest BCUT2D eigenvalue weighted by molar-refractivity contribution is 5.74. The van der Waals surface area contributed by atoms with E-state index in [0.29, 0.717) is 12.8 Å². The molecule has 4 nitrogen and oxygen atoms in total. The number of aliphatic hydroxyl groups is 2. The van der Waals surface area contributed by atoms with Crippen LogP contribution in [0.5, 0.6) is 0 Å². The lowest BCUT2D eigenvalue weighted by molar-refractivity contribution is -0.145. The first-order valence-electron chi connectivity index (χ1n) is 8.10. The fourth-order valence-corrected chi connectivity index (χ4v) is 2.80. The van der Waals surface area contributed by atoms with E-state index in [4.69, 9.17) is 16.3 Å². The van der Waals surface area contributed by atoms with Crippen molar-refractivity contribution in [1.82, 2.24) is 0 Å². The summed E-state index contributed by atoms with van der Waals surface area (Å²) >= 11 is 0. The third kappa shape index (κ3) is 7.50. The van der Waals surface area contributed by atoms with E-state index in [1.54, 1.807) is 0 Å². The number of carbonyl (C=O) groups is 1. The number of carbonyl (C=O) groups excluding carboxylic acids is 1. The second-order valence-corrected chi connectivity index (χ2v) is 5.93. The molecule has 1 rings (SSSR count). The maximum atomic E-state index is 11.6. The molecule has 0 spiro atoms. The normalized spacial score (nSPS) is 22.8. The van der Waals surface area contributed by atoms with E-state index in [1.807, 2.05) is 0 Å². The molecule has 0 aromatic heterocycles. The molecule has 1 aliphatic heterocycles. The van der Waals surface area contributed by atoms with Gasteiger partial charge in [-0.15, -0.1) is 12.3 Å². The van der Waals surface area contributed by atoms with Crippen LogP contribution in [0.25, 0.3) is 0 Å². The number of rotatable bonds is 11. The van der Waals surface area contributed by atoms with E-state index < -0.39 is 6.10 Å². The van der Waals surface area contributed by atoms with Gasteiger partial charge in [0.25, 0.3) is 0 Å². The van der Waals surface area contributed by atoms with Crippen LogP contribution in [0, 0.1) is 18.3 Å². The largest absolute Gasteiger partial charge is 0.462 e. The SMILES string of the molecule is C#CCCCCCCCC[C@@H]1C[C@H](C[C@@H](O)CO)C(=O)O1. The molecular formula is C17H28O4. The summed E-state index contributed by atoms with van der Waals surface area (Å²) in [5.74, 6) is 2.18. The Morgan fingerprint density at radius 1 is 1.24 bits per heavy atom. The Morgan fingerprint density at radius 2 is 1.90 bits per heavy atom. The van der Waals surface area contributed by atoms with Crippen molar-refractivity contribution in [3.63, 3.8) is 0 Å². The lowest BCUT2D eigenvalue weighted by atomic mass is 9.96. The molecule has 0 aromatic rings. The van der Waals surface area contributed by atoms with E-state index in [-0.39, 0.29) is 24.6 Å². The maximum absolute atomic E-state index is 11.6. The first-order valence-corrected chi connectivity index (χ1v) is 8.10. The predicted molar refractivity (Wildman–Crippen MR) is 81.5 cm³/mol. The van der Waals surface area contributed by atoms with Crippen LogP contribution in [-0.4, -0.2) is 35.0 Å². The van der Waals surface area contributed by atoms with Gasteiger partial charge in [0.2, 0.25) is 0 Å². The lowest BCUT2D eigenvalue weighted by Crippen LogP contribution is -2.20. The minimum atomic E-state index is -0.815. The summed E-state index contributed by atoms with van der Waals surface area (Å²) in [7, 11) is 0. The Kier molecular flexibility index (Phi) is 9.12. The Bertz CT molecular complexity index is 334. The summed E-state index contributed by atoms with van der Waals surface area (Å²) in [6.45, 7) is -0.297. The number of hydrogen-bond acceptors (Lipinski definition) is 4. The van der Waals surface area contributed by atoms with Crippen molar-refractivity contribution in [3.05, 3.63) is 0 Å². The minimum Gasteiger partial charge on any atom is -0.462 e. The van der Waals surface area contributed by atoms with Crippen LogP contribution >= 0.6 is 0 Å². The van der Waals surface area contributed by atoms with Gasteiger partial charge < -0.3 is 14.9 Å². The van der Waals surface area contributed by atoms with Crippen molar-refractivity contribution in [1.29, 1.82) is 0 Å². The molecule has 0 saturated carbocycles. The van der Waals surface area contributed by atoms with Crippen molar-refractivity contribution in [3.8, 4) is 12.3 Å². The van der Waals surface area contributed by atoms with Crippen LogP contribution in [0.4, 0.5) is 0 Å². The summed E-state index contributed by atoms with van der Waals surface area (Å²) in [6.07, 6.45) is 14.1. The molecule has 1 saturated heterocycles. The highest BCUT2D eigenvalue weighted by atomic mass is 16.5. The van der Waals surface area contributed by atoms with Crippen molar-refractivity contribution >= 4 is 5.97 Å². The Morgan fingerprint density at radius 3 is 2.57 bits per heavy atom. The zero-order valence-electron chi connectivity index (χ0n) is 12.8. The molecule has 1 fully saturated rings. The second-order valence-electron chi connectivity index (χ2n) is 5.93. The predicted octanol–water partition coefficient (Wildman–Crippen LogP) is 2.42. The average Bonchev–Trinajstić information content (AvgIpc) is 2.82. The van der Waals surface area contributed by atoms with Crippen molar-refractivity contribution in [2.45, 2.75) is 76.4 Å². The molecule has 1 heterocycles. The topological polar surface area (TPSA) is 66.8 Å². The molecule has 0 bridgehead atoms. The van der Waals surface area contributed by atoms with Gasteiger partial charge in [-0.2, -0.15) is 0 Å². The summed E-state index contributed by atoms with van der Waals surface area (Å²) in [6, 6.07) is 0. The Balaban J connectivity index is 2.04. The van der Waals surface area contributed by atoms with Gasteiger partial charge in [0.1, 0.15) is 6.10 Å². The number of terminal acetylenes is 1. The molecule has 3 atom stereocenters. The molecule has 0 amide bonds. The Hall–Kier alpha value is -1.05. The lowest BCUT2D eigenvalue weighted by Gasteiger charge is -2.10. The van der Waals surface area contributed by atoms with Gasteiger partial charge in [-0.25, -0.2) is 0 Å². The molecule has 1 aliphatic rings. The summed E-state index contributed by atoms with van der Waals surface area (Å²) in [5.41, 5.74) is 0. The van der Waals surface area contributed by atoms with Gasteiger partial charge in [-0.3, -0.25) is 4.79 Å². The molecule has 2 N–H and O–H groups in total. The summed E-state index contributed by atoms with van der Waals surface area (Å²) in [4.78, 5) is 11.6. The summed E-state index contributed by atoms with van der Waals surface area (Å²) < 4.78 is 5.33. The van der Waals surface area contributed by atoms with Crippen LogP contribution in [-0.2, 0) is 9.53 Å². The number of esters is 1. The molecule has 120 valence electrons. The first-order chi connectivity index (χ1) is 10.2. The summed E-state index contributed by atoms with van der Waals surface area (Å²) in [5, 5.41) is 18.2. The van der Waals surface area contributed by atoms with Crippen molar-refractivity contribution < 1.29 is 19.7 Å². The van der Waals surface area contributed by atoms with Crippen LogP contribution in [0.15, 0.2) is 0 Å². The molecule has 21 heavy (non-hydrogen) atoms. The van der Waals surface area contributed by atoms with Crippen LogP contribution in [0.3, 0.4) is 0 Å². The van der Waals surface area contributed by atoms with Gasteiger partial charge >= 0.3 is 5.97 Å². The second kappa shape index (κ2) is 10.6. The van der Waals surface area contributed by atoms with Crippen LogP contribution < -0.4 is 0 Å². The number of aliphatic hydroxyl groups excluding tert-OH is 2. The average molecular weight is 296 g/mol. The molecule has 0 aliphatic carbocycles. The smallest absolute Gasteiger partial charge is 0.309 e. The Labute approximate surface area is 127 Å². The number of ether oxygens (including phenoxy) is 1. The molecule has 0 unspecified atom stereocenters. The van der Waals surface area contributed by atoms with Gasteiger partial charge in [0, 0.05) is 6.42 Å². The van der Waals surface area contributed by atoms with E-state index in [1.165, 1.54) is 19.3 Å². The number of unbranched alkanes of at least 4 members (excludes halogenated alkanes) is 6. The zero-order valence-corrected chi connectivity index (χ0v) is 12.8. The van der Waals surface area contributed by atoms with E-state index >= 15 is 0 Å². The fourth-order valence-electron chi connectivity index (χ4n) is 2.80. The highest BCUT2D eigenvalue weighted by Crippen LogP contribution is 2.28. The first kappa shape index (κ1) is 18.0. The monoisotopic (exact) mass is 296 g/mol. The van der Waals surface area contributed by atoms with Gasteiger partial charge in [-0.05, 0) is 32.1 Å². The van der Waals surface area contributed by atoms with Crippen LogP contribution in [0.2, 0.25) is 0 Å². The van der Waals surface area contributed by atoms with E-state index in [0.717, 1.165) is 32.1 Å². The minimum absolute atomic E-state index is 0.00478. The highest BCUT2D eigenvalue weighted by Gasteiger charge is 2.34. The van der Waals surface area contributed by atoms with Gasteiger partial charge in [0.15, 0.2) is 0 Å². The number of hydrogen-bond donors (Lipinski definition) is 2. The quantitative estimate of drug-likeness (QED) is 0.349. The van der Waals surface area contributed by atoms with Gasteiger partial charge in [0.05, 0.1) is 18.6 Å². The van der Waals surface area contributed by atoms with Crippen molar-refractivity contribution in [2.75, 3.05) is 6.61 Å². The molecule has 0 aromatic carbocycles. The standard InChI is InChI=1S/C17H28O4/c1-2-3-4-5-6-7-8-9-10-16-12-14(17(20)21-16)11-15(19)13-18/h1,14-16,18-19H,3-13H2/t14-,15+,16+/m0/s1. The number of cyclic esters (lactones) is 1. The molecular weight excluding hydrogens is 268 g/mol. The zero-order chi connectivity index (χ0) is 15.5. The van der Waals surface area contributed by atoms with Crippen LogP contribution in [0.1, 0.15) is 64.2 Å². The molecule has 4 heteroatoms. The third-order valence-corrected chi connectivity index (χ3v) is 4.03. The maximum Gasteiger partial charge on any atom is 0.309 e. The third-order valence-electron chi connectivity index (χ3n) is 4.03. The van der Waals surface area contributed by atoms with Gasteiger partial charge in [-0.1, -0.05) is 25.7 Å². The molecule has 0 radical (unpaired) electrons. The van der Waals surface area contributed by atoms with E-state index in [9.17, 15) is 9.90 Å². The van der Waals surface area contributed by atoms with Crippen molar-refractivity contribution in [2.24, 2.45) is 5.92 Å².